The average Bonchev–Trinajstić information content (AvgIpc) is 3.56. The number of fused-ring (bicyclic) bond motifs is 1. The highest BCUT2D eigenvalue weighted by molar-refractivity contribution is 6.07. The fourth-order valence-electron chi connectivity index (χ4n) is 5.32. The number of carbonyl (C=O) groups excluding carboxylic acids is 4. The Balaban J connectivity index is 1.36. The van der Waals surface area contributed by atoms with Crippen LogP contribution in [0.3, 0.4) is 0 Å². The molecule has 0 aromatic heterocycles. The third kappa shape index (κ3) is 4.44. The summed E-state index contributed by atoms with van der Waals surface area (Å²) in [5.41, 5.74) is -3.02. The van der Waals surface area contributed by atoms with Crippen LogP contribution in [0.15, 0.2) is 30.3 Å². The minimum atomic E-state index is -4.94. The number of likely N-dealkylation sites (N-methyl/N-ethyl adjacent to an activating group) is 1. The van der Waals surface area contributed by atoms with Crippen molar-refractivity contribution in [1.29, 1.82) is 0 Å². The molecule has 2 aromatic carbocycles. The van der Waals surface area contributed by atoms with Gasteiger partial charge in [-0.1, -0.05) is 6.07 Å². The van der Waals surface area contributed by atoms with Gasteiger partial charge in [-0.25, -0.2) is 18.0 Å². The standard InChI is InChI=1S/C26H22F6N4O4/c1-35-23(40)34-21(38)25(35)9-13-2-3-17(7-14(13)10-25)33-19(37)12-36(22(39)24(4-5-24)26(30,31)32)11-15-6-16(27)8-18(28)20(15)29/h2-3,6-8H,4-5,9-12H2,1H3,(H,33,37)(H,34,38,40)/t25-/m0/s1. The molecule has 14 heteroatoms. The van der Waals surface area contributed by atoms with Crippen molar-refractivity contribution in [2.24, 2.45) is 5.41 Å². The van der Waals surface area contributed by atoms with E-state index in [1.54, 1.807) is 6.07 Å². The lowest BCUT2D eigenvalue weighted by atomic mass is 9.95. The molecule has 40 heavy (non-hydrogen) atoms. The molecule has 5 amide bonds. The molecule has 1 aliphatic heterocycles. The van der Waals surface area contributed by atoms with Gasteiger partial charge in [0.2, 0.25) is 11.8 Å². The van der Waals surface area contributed by atoms with Crippen LogP contribution in [0.1, 0.15) is 29.5 Å². The summed E-state index contributed by atoms with van der Waals surface area (Å²) in [6.07, 6.45) is -5.62. The fourth-order valence-corrected chi connectivity index (χ4v) is 5.32. The van der Waals surface area contributed by atoms with Crippen LogP contribution in [0.4, 0.5) is 36.8 Å². The maximum absolute atomic E-state index is 14.3. The summed E-state index contributed by atoms with van der Waals surface area (Å²) in [5, 5.41) is 4.72. The summed E-state index contributed by atoms with van der Waals surface area (Å²) >= 11 is 0. The number of nitrogens with one attached hydrogen (secondary N) is 2. The van der Waals surface area contributed by atoms with Crippen LogP contribution in [0.2, 0.25) is 0 Å². The molecule has 212 valence electrons. The first kappa shape index (κ1) is 27.5. The van der Waals surface area contributed by atoms with Gasteiger partial charge in [0.05, 0.1) is 0 Å². The summed E-state index contributed by atoms with van der Waals surface area (Å²) in [4.78, 5) is 52.0. The lowest BCUT2D eigenvalue weighted by Gasteiger charge is -2.28. The first-order chi connectivity index (χ1) is 18.7. The number of hydrogen-bond donors (Lipinski definition) is 2. The molecule has 2 aromatic rings. The van der Waals surface area contributed by atoms with Gasteiger partial charge >= 0.3 is 12.2 Å². The number of amides is 5. The van der Waals surface area contributed by atoms with E-state index >= 15 is 0 Å². The van der Waals surface area contributed by atoms with Crippen molar-refractivity contribution in [1.82, 2.24) is 15.1 Å². The Kier molecular flexibility index (Phi) is 6.34. The van der Waals surface area contributed by atoms with Crippen molar-refractivity contribution in [3.8, 4) is 0 Å². The zero-order chi connectivity index (χ0) is 29.2. The summed E-state index contributed by atoms with van der Waals surface area (Å²) in [7, 11) is 1.49. The van der Waals surface area contributed by atoms with Crippen molar-refractivity contribution >= 4 is 29.4 Å². The predicted molar refractivity (Wildman–Crippen MR) is 126 cm³/mol. The number of hydrogen-bond acceptors (Lipinski definition) is 4. The zero-order valence-corrected chi connectivity index (χ0v) is 20.9. The largest absolute Gasteiger partial charge is 0.403 e. The van der Waals surface area contributed by atoms with Crippen molar-refractivity contribution in [3.63, 3.8) is 0 Å². The number of imide groups is 1. The van der Waals surface area contributed by atoms with Gasteiger partial charge in [-0.2, -0.15) is 13.2 Å². The van der Waals surface area contributed by atoms with Crippen LogP contribution in [0.25, 0.3) is 0 Å². The van der Waals surface area contributed by atoms with Gasteiger partial charge in [0, 0.05) is 43.8 Å². The topological polar surface area (TPSA) is 98.8 Å². The second-order valence-corrected chi connectivity index (χ2v) is 10.3. The van der Waals surface area contributed by atoms with Crippen molar-refractivity contribution in [2.45, 2.75) is 43.9 Å². The number of anilines is 1. The Hall–Kier alpha value is -4.10. The Morgan fingerprint density at radius 1 is 1.05 bits per heavy atom. The quantitative estimate of drug-likeness (QED) is 0.317. The maximum Gasteiger partial charge on any atom is 0.403 e. The molecule has 2 fully saturated rings. The number of nitrogens with zero attached hydrogens (tertiary/aromatic N) is 2. The molecule has 8 nitrogen and oxygen atoms in total. The number of benzene rings is 2. The minimum absolute atomic E-state index is 0.156. The van der Waals surface area contributed by atoms with Gasteiger partial charge in [0.25, 0.3) is 5.91 Å². The summed E-state index contributed by atoms with van der Waals surface area (Å²) in [5.74, 6) is -7.26. The van der Waals surface area contributed by atoms with Gasteiger partial charge in [0.15, 0.2) is 11.6 Å². The maximum atomic E-state index is 14.3. The number of halogens is 6. The first-order valence-electron chi connectivity index (χ1n) is 12.2. The third-order valence-corrected chi connectivity index (χ3v) is 7.80. The fraction of sp³-hybridized carbons (Fsp3) is 0.385. The molecule has 2 aliphatic carbocycles. The van der Waals surface area contributed by atoms with E-state index in [-0.39, 0.29) is 24.6 Å². The normalized spacial score (nSPS) is 20.9. The monoisotopic (exact) mass is 568 g/mol. The lowest BCUT2D eigenvalue weighted by Crippen LogP contribution is -2.48. The molecule has 2 N–H and O–H groups in total. The van der Waals surface area contributed by atoms with E-state index in [9.17, 15) is 45.5 Å². The van der Waals surface area contributed by atoms with E-state index in [1.807, 2.05) is 0 Å². The second kappa shape index (κ2) is 9.24. The molecule has 0 radical (unpaired) electrons. The SMILES string of the molecule is CN1C(=O)NC(=O)[C@@]12Cc1ccc(NC(=O)CN(Cc3cc(F)cc(F)c3F)C(=O)C3(C(F)(F)F)CC3)cc1C2. The average molecular weight is 568 g/mol. The van der Waals surface area contributed by atoms with Crippen LogP contribution >= 0.6 is 0 Å². The Bertz CT molecular complexity index is 1460. The van der Waals surface area contributed by atoms with E-state index in [0.717, 1.165) is 5.56 Å². The molecule has 1 heterocycles. The third-order valence-electron chi connectivity index (χ3n) is 7.80. The van der Waals surface area contributed by atoms with Crippen LogP contribution in [-0.2, 0) is 33.8 Å². The number of carbonyl (C=O) groups is 4. The van der Waals surface area contributed by atoms with Crippen molar-refractivity contribution in [2.75, 3.05) is 18.9 Å². The summed E-state index contributed by atoms with van der Waals surface area (Å²) < 4.78 is 82.8. The summed E-state index contributed by atoms with van der Waals surface area (Å²) in [6, 6.07) is 4.89. The number of urea groups is 1. The zero-order valence-electron chi connectivity index (χ0n) is 20.9. The lowest BCUT2D eigenvalue weighted by molar-refractivity contribution is -0.199. The van der Waals surface area contributed by atoms with E-state index < -0.39 is 89.8 Å². The van der Waals surface area contributed by atoms with Crippen LogP contribution in [-0.4, -0.2) is 58.9 Å². The van der Waals surface area contributed by atoms with E-state index in [2.05, 4.69) is 10.6 Å². The van der Waals surface area contributed by atoms with Crippen LogP contribution in [0, 0.1) is 22.9 Å². The molecule has 0 bridgehead atoms. The van der Waals surface area contributed by atoms with Crippen LogP contribution < -0.4 is 10.6 Å². The Morgan fingerprint density at radius 3 is 2.33 bits per heavy atom. The second-order valence-electron chi connectivity index (χ2n) is 10.3. The van der Waals surface area contributed by atoms with Crippen molar-refractivity contribution in [3.05, 3.63) is 64.5 Å². The molecule has 1 spiro atoms. The first-order valence-corrected chi connectivity index (χ1v) is 12.2. The van der Waals surface area contributed by atoms with Crippen LogP contribution in [0.5, 0.6) is 0 Å². The Morgan fingerprint density at radius 2 is 1.73 bits per heavy atom. The van der Waals surface area contributed by atoms with Gasteiger partial charge < -0.3 is 15.1 Å². The van der Waals surface area contributed by atoms with E-state index in [1.165, 1.54) is 24.1 Å². The highest BCUT2D eigenvalue weighted by Gasteiger charge is 2.69. The molecule has 1 saturated carbocycles. The van der Waals surface area contributed by atoms with Gasteiger partial charge in [-0.15, -0.1) is 0 Å². The van der Waals surface area contributed by atoms with Gasteiger partial charge in [-0.3, -0.25) is 19.7 Å². The predicted octanol–water partition coefficient (Wildman–Crippen LogP) is 3.43. The number of alkyl halides is 3. The molecule has 0 unspecified atom stereocenters. The molecule has 1 atom stereocenters. The molecular weight excluding hydrogens is 546 g/mol. The minimum Gasteiger partial charge on any atom is -0.328 e. The molecule has 3 aliphatic rings. The van der Waals surface area contributed by atoms with Gasteiger partial charge in [0.1, 0.15) is 23.3 Å². The molecule has 5 rings (SSSR count). The Labute approximate surface area is 223 Å². The van der Waals surface area contributed by atoms with E-state index in [4.69, 9.17) is 0 Å². The number of rotatable bonds is 6. The van der Waals surface area contributed by atoms with E-state index in [0.29, 0.717) is 16.5 Å². The van der Waals surface area contributed by atoms with Gasteiger partial charge in [-0.05, 0) is 42.2 Å². The molecular formula is C26H22F6N4O4. The summed E-state index contributed by atoms with van der Waals surface area (Å²) in [6.45, 7) is -1.94. The van der Waals surface area contributed by atoms with Crippen molar-refractivity contribution < 1.29 is 45.5 Å². The smallest absolute Gasteiger partial charge is 0.328 e. The highest BCUT2D eigenvalue weighted by Crippen LogP contribution is 2.58. The molecule has 1 saturated heterocycles. The highest BCUT2D eigenvalue weighted by atomic mass is 19.4.